The van der Waals surface area contributed by atoms with Crippen LogP contribution in [0.5, 0.6) is 0 Å². The standard InChI is InChI=1S/C12H14N2O2/c1-15-12(16-2)10-4-3-5-11(8-10)14-7-6-13-9-14/h3-9,12H,1-2H3. The van der Waals surface area contributed by atoms with Crippen LogP contribution in [0.15, 0.2) is 43.0 Å². The van der Waals surface area contributed by atoms with Crippen molar-refractivity contribution in [2.45, 2.75) is 6.29 Å². The van der Waals surface area contributed by atoms with Gasteiger partial charge in [-0.25, -0.2) is 4.98 Å². The van der Waals surface area contributed by atoms with Crippen molar-refractivity contribution in [3.05, 3.63) is 48.5 Å². The van der Waals surface area contributed by atoms with Crippen LogP contribution in [0.3, 0.4) is 0 Å². The molecule has 0 fully saturated rings. The van der Waals surface area contributed by atoms with E-state index in [-0.39, 0.29) is 6.29 Å². The molecular formula is C12H14N2O2. The molecule has 4 nitrogen and oxygen atoms in total. The van der Waals surface area contributed by atoms with Crippen molar-refractivity contribution in [3.63, 3.8) is 0 Å². The molecule has 0 spiro atoms. The van der Waals surface area contributed by atoms with Crippen molar-refractivity contribution in [1.82, 2.24) is 9.55 Å². The van der Waals surface area contributed by atoms with E-state index in [0.29, 0.717) is 0 Å². The summed E-state index contributed by atoms with van der Waals surface area (Å²) in [6.07, 6.45) is 5.07. The number of hydrogen-bond donors (Lipinski definition) is 0. The zero-order chi connectivity index (χ0) is 11.4. The summed E-state index contributed by atoms with van der Waals surface area (Å²) in [5.74, 6) is 0. The maximum atomic E-state index is 5.21. The van der Waals surface area contributed by atoms with Gasteiger partial charge in [0.25, 0.3) is 0 Å². The van der Waals surface area contributed by atoms with Crippen molar-refractivity contribution >= 4 is 0 Å². The Balaban J connectivity index is 2.33. The van der Waals surface area contributed by atoms with E-state index in [1.165, 1.54) is 0 Å². The summed E-state index contributed by atoms with van der Waals surface area (Å²) < 4.78 is 12.4. The lowest BCUT2D eigenvalue weighted by Crippen LogP contribution is -2.04. The summed E-state index contributed by atoms with van der Waals surface area (Å²) in [6, 6.07) is 7.96. The summed E-state index contributed by atoms with van der Waals surface area (Å²) in [6.45, 7) is 0. The van der Waals surface area contributed by atoms with Gasteiger partial charge < -0.3 is 14.0 Å². The molecule has 1 aromatic heterocycles. The number of benzene rings is 1. The summed E-state index contributed by atoms with van der Waals surface area (Å²) >= 11 is 0. The highest BCUT2D eigenvalue weighted by molar-refractivity contribution is 5.36. The second-order valence-electron chi connectivity index (χ2n) is 3.37. The van der Waals surface area contributed by atoms with E-state index in [4.69, 9.17) is 9.47 Å². The summed E-state index contributed by atoms with van der Waals surface area (Å²) in [7, 11) is 3.25. The molecule has 0 saturated carbocycles. The van der Waals surface area contributed by atoms with Gasteiger partial charge in [0.2, 0.25) is 0 Å². The molecule has 2 aromatic rings. The third-order valence-corrected chi connectivity index (χ3v) is 2.37. The first kappa shape index (κ1) is 10.9. The Hall–Kier alpha value is -1.65. The lowest BCUT2D eigenvalue weighted by Gasteiger charge is -2.14. The minimum atomic E-state index is -0.330. The predicted molar refractivity (Wildman–Crippen MR) is 60.3 cm³/mol. The van der Waals surface area contributed by atoms with Crippen molar-refractivity contribution in [1.29, 1.82) is 0 Å². The molecule has 84 valence electrons. The smallest absolute Gasteiger partial charge is 0.183 e. The minimum Gasteiger partial charge on any atom is -0.352 e. The van der Waals surface area contributed by atoms with Crippen LogP contribution in [0, 0.1) is 0 Å². The molecule has 0 aliphatic carbocycles. The molecule has 0 bridgehead atoms. The number of hydrogen-bond acceptors (Lipinski definition) is 3. The van der Waals surface area contributed by atoms with Gasteiger partial charge in [0, 0.05) is 37.9 Å². The number of nitrogens with zero attached hydrogens (tertiary/aromatic N) is 2. The second-order valence-corrected chi connectivity index (χ2v) is 3.37. The third kappa shape index (κ3) is 2.13. The fourth-order valence-electron chi connectivity index (χ4n) is 1.61. The Morgan fingerprint density at radius 1 is 1.25 bits per heavy atom. The molecule has 1 aromatic carbocycles. The maximum absolute atomic E-state index is 5.21. The number of ether oxygens (including phenoxy) is 2. The first-order valence-corrected chi connectivity index (χ1v) is 4.99. The molecule has 0 unspecified atom stereocenters. The van der Waals surface area contributed by atoms with Crippen molar-refractivity contribution < 1.29 is 9.47 Å². The maximum Gasteiger partial charge on any atom is 0.183 e. The molecule has 1 heterocycles. The average Bonchev–Trinajstić information content (AvgIpc) is 2.85. The van der Waals surface area contributed by atoms with Crippen molar-refractivity contribution in [3.8, 4) is 5.69 Å². The molecule has 0 N–H and O–H groups in total. The number of rotatable bonds is 4. The van der Waals surface area contributed by atoms with E-state index in [0.717, 1.165) is 11.3 Å². The van der Waals surface area contributed by atoms with Crippen LogP contribution in [0.4, 0.5) is 0 Å². The molecular weight excluding hydrogens is 204 g/mol. The Morgan fingerprint density at radius 2 is 2.06 bits per heavy atom. The number of methoxy groups -OCH3 is 2. The van der Waals surface area contributed by atoms with E-state index in [1.54, 1.807) is 26.7 Å². The highest BCUT2D eigenvalue weighted by Gasteiger charge is 2.09. The highest BCUT2D eigenvalue weighted by atomic mass is 16.7. The topological polar surface area (TPSA) is 36.3 Å². The zero-order valence-corrected chi connectivity index (χ0v) is 9.33. The van der Waals surface area contributed by atoms with Crippen LogP contribution in [0.2, 0.25) is 0 Å². The predicted octanol–water partition coefficient (Wildman–Crippen LogP) is 2.16. The van der Waals surface area contributed by atoms with Gasteiger partial charge in [0.1, 0.15) is 0 Å². The van der Waals surface area contributed by atoms with E-state index < -0.39 is 0 Å². The Kier molecular flexibility index (Phi) is 3.34. The van der Waals surface area contributed by atoms with Crippen LogP contribution in [0.1, 0.15) is 11.9 Å². The van der Waals surface area contributed by atoms with Gasteiger partial charge >= 0.3 is 0 Å². The van der Waals surface area contributed by atoms with Gasteiger partial charge in [-0.2, -0.15) is 0 Å². The van der Waals surface area contributed by atoms with Crippen LogP contribution < -0.4 is 0 Å². The van der Waals surface area contributed by atoms with Gasteiger partial charge in [0.05, 0.1) is 6.33 Å². The SMILES string of the molecule is COC(OC)c1cccc(-n2ccnc2)c1. The number of aromatic nitrogens is 2. The molecule has 0 aliphatic rings. The lowest BCUT2D eigenvalue weighted by molar-refractivity contribution is -0.106. The van der Waals surface area contributed by atoms with Crippen LogP contribution in [0.25, 0.3) is 5.69 Å². The highest BCUT2D eigenvalue weighted by Crippen LogP contribution is 2.19. The van der Waals surface area contributed by atoms with Crippen LogP contribution in [-0.4, -0.2) is 23.8 Å². The second kappa shape index (κ2) is 4.92. The van der Waals surface area contributed by atoms with E-state index in [9.17, 15) is 0 Å². The van der Waals surface area contributed by atoms with Crippen molar-refractivity contribution in [2.24, 2.45) is 0 Å². The fraction of sp³-hybridized carbons (Fsp3) is 0.250. The average molecular weight is 218 g/mol. The molecule has 0 saturated heterocycles. The van der Waals surface area contributed by atoms with Gasteiger partial charge in [-0.15, -0.1) is 0 Å². The molecule has 2 rings (SSSR count). The molecule has 4 heteroatoms. The lowest BCUT2D eigenvalue weighted by atomic mass is 10.2. The van der Waals surface area contributed by atoms with Crippen LogP contribution >= 0.6 is 0 Å². The van der Waals surface area contributed by atoms with Gasteiger partial charge in [-0.05, 0) is 12.1 Å². The van der Waals surface area contributed by atoms with Gasteiger partial charge in [0.15, 0.2) is 6.29 Å². The van der Waals surface area contributed by atoms with E-state index >= 15 is 0 Å². The normalized spacial score (nSPS) is 10.9. The molecule has 0 amide bonds. The minimum absolute atomic E-state index is 0.330. The molecule has 0 atom stereocenters. The summed E-state index contributed by atoms with van der Waals surface area (Å²) in [5, 5.41) is 0. The fourth-order valence-corrected chi connectivity index (χ4v) is 1.61. The monoisotopic (exact) mass is 218 g/mol. The first-order valence-electron chi connectivity index (χ1n) is 4.99. The summed E-state index contributed by atoms with van der Waals surface area (Å²) in [4.78, 5) is 4.01. The van der Waals surface area contributed by atoms with Crippen molar-refractivity contribution in [2.75, 3.05) is 14.2 Å². The Morgan fingerprint density at radius 3 is 2.69 bits per heavy atom. The Labute approximate surface area is 94.4 Å². The van der Waals surface area contributed by atoms with E-state index in [1.807, 2.05) is 35.0 Å². The summed E-state index contributed by atoms with van der Waals surface area (Å²) in [5.41, 5.74) is 2.02. The van der Waals surface area contributed by atoms with E-state index in [2.05, 4.69) is 4.98 Å². The quantitative estimate of drug-likeness (QED) is 0.738. The van der Waals surface area contributed by atoms with Gasteiger partial charge in [-0.3, -0.25) is 0 Å². The largest absolute Gasteiger partial charge is 0.352 e. The molecule has 0 radical (unpaired) electrons. The Bertz CT molecular complexity index is 436. The third-order valence-electron chi connectivity index (χ3n) is 2.37. The number of imidazole rings is 1. The molecule has 16 heavy (non-hydrogen) atoms. The van der Waals surface area contributed by atoms with Gasteiger partial charge in [-0.1, -0.05) is 12.1 Å². The van der Waals surface area contributed by atoms with Crippen LogP contribution in [-0.2, 0) is 9.47 Å². The first-order chi connectivity index (χ1) is 7.85. The zero-order valence-electron chi connectivity index (χ0n) is 9.33. The molecule has 0 aliphatic heterocycles.